The second-order valence-corrected chi connectivity index (χ2v) is 7.96. The first-order valence-electron chi connectivity index (χ1n) is 10.7. The van der Waals surface area contributed by atoms with Gasteiger partial charge in [-0.3, -0.25) is 14.3 Å². The summed E-state index contributed by atoms with van der Waals surface area (Å²) in [4.78, 5) is 17.4. The van der Waals surface area contributed by atoms with Gasteiger partial charge in [0.25, 0.3) is 5.91 Å². The van der Waals surface area contributed by atoms with E-state index in [0.717, 1.165) is 36.7 Å². The van der Waals surface area contributed by atoms with Gasteiger partial charge in [-0.25, -0.2) is 0 Å². The molecule has 0 radical (unpaired) electrons. The Kier molecular flexibility index (Phi) is 5.33. The molecule has 2 aliphatic rings. The van der Waals surface area contributed by atoms with E-state index in [9.17, 15) is 10.1 Å². The summed E-state index contributed by atoms with van der Waals surface area (Å²) in [6.45, 7) is 6.37. The second-order valence-electron chi connectivity index (χ2n) is 7.96. The smallest absolute Gasteiger partial charge is 0.258 e. The van der Waals surface area contributed by atoms with Crippen molar-refractivity contribution < 1.29 is 18.7 Å². The maximum Gasteiger partial charge on any atom is 0.258 e. The third-order valence-corrected chi connectivity index (χ3v) is 5.90. The van der Waals surface area contributed by atoms with Crippen LogP contribution in [0.5, 0.6) is 11.5 Å². The highest BCUT2D eigenvalue weighted by atomic mass is 16.6. The van der Waals surface area contributed by atoms with Crippen LogP contribution >= 0.6 is 0 Å². The average Bonchev–Trinajstić information content (AvgIpc) is 3.46. The fourth-order valence-electron chi connectivity index (χ4n) is 4.25. The number of hydrogen-bond donors (Lipinski definition) is 0. The number of hydrogen-bond acceptors (Lipinski definition) is 6. The summed E-state index contributed by atoms with van der Waals surface area (Å²) < 4.78 is 18.8. The van der Waals surface area contributed by atoms with Crippen molar-refractivity contribution in [3.8, 4) is 23.5 Å². The fraction of sp³-hybridized carbons (Fsp3) is 0.333. The molecule has 1 amide bonds. The average molecular weight is 432 g/mol. The normalized spacial score (nSPS) is 16.1. The summed E-state index contributed by atoms with van der Waals surface area (Å²) in [6, 6.07) is 11.9. The highest BCUT2D eigenvalue weighted by Crippen LogP contribution is 2.31. The lowest BCUT2D eigenvalue weighted by atomic mass is 10.1. The molecule has 0 saturated carbocycles. The third-order valence-electron chi connectivity index (χ3n) is 5.90. The van der Waals surface area contributed by atoms with Crippen LogP contribution in [0.4, 0.5) is 0 Å². The zero-order valence-corrected chi connectivity index (χ0v) is 17.9. The molecule has 32 heavy (non-hydrogen) atoms. The number of ether oxygens (including phenoxy) is 2. The molecule has 1 fully saturated rings. The number of aryl methyl sites for hydroxylation is 1. The first kappa shape index (κ1) is 20.2. The molecule has 0 bridgehead atoms. The first-order chi connectivity index (χ1) is 15.6. The van der Waals surface area contributed by atoms with Gasteiger partial charge < -0.3 is 18.8 Å². The van der Waals surface area contributed by atoms with E-state index in [2.05, 4.69) is 17.0 Å². The van der Waals surface area contributed by atoms with Crippen LogP contribution in [0.2, 0.25) is 0 Å². The number of nitriles is 1. The molecule has 0 aliphatic carbocycles. The number of furan rings is 1. The molecule has 164 valence electrons. The number of aromatic nitrogens is 1. The van der Waals surface area contributed by atoms with E-state index in [1.54, 1.807) is 28.8 Å². The van der Waals surface area contributed by atoms with E-state index in [-0.39, 0.29) is 11.5 Å². The lowest BCUT2D eigenvalue weighted by molar-refractivity contribution is 0.0626. The van der Waals surface area contributed by atoms with Crippen molar-refractivity contribution in [2.45, 2.75) is 13.5 Å². The van der Waals surface area contributed by atoms with Crippen molar-refractivity contribution in [3.63, 3.8) is 0 Å². The van der Waals surface area contributed by atoms with E-state index in [0.29, 0.717) is 43.5 Å². The first-order valence-corrected chi connectivity index (χ1v) is 10.7. The number of rotatable bonds is 4. The van der Waals surface area contributed by atoms with Gasteiger partial charge in [-0.15, -0.1) is 0 Å². The standard InChI is InChI=1S/C24H24N4O4/c1-17-22(19(15-25)24(32-17)28-6-2-3-7-28)23(29)27-10-8-26(9-11-27)16-18-4-5-20-21(14-18)31-13-12-30-20/h2-7,14H,8-13,16H2,1H3. The van der Waals surface area contributed by atoms with Gasteiger partial charge in [0.2, 0.25) is 5.88 Å². The number of carbonyl (C=O) groups excluding carboxylic acids is 1. The second kappa shape index (κ2) is 8.44. The molecule has 0 spiro atoms. The van der Waals surface area contributed by atoms with Gasteiger partial charge in [-0.05, 0) is 36.8 Å². The van der Waals surface area contributed by atoms with Crippen LogP contribution in [0.25, 0.3) is 5.88 Å². The lowest BCUT2D eigenvalue weighted by Gasteiger charge is -2.34. The molecule has 0 unspecified atom stereocenters. The van der Waals surface area contributed by atoms with Crippen LogP contribution in [-0.4, -0.2) is 59.7 Å². The Balaban J connectivity index is 1.26. The maximum absolute atomic E-state index is 13.3. The zero-order valence-electron chi connectivity index (χ0n) is 17.9. The van der Waals surface area contributed by atoms with Crippen molar-refractivity contribution in [1.82, 2.24) is 14.4 Å². The third kappa shape index (κ3) is 3.72. The van der Waals surface area contributed by atoms with Gasteiger partial charge in [0.05, 0.1) is 0 Å². The topological polar surface area (TPSA) is 83.9 Å². The molecule has 4 heterocycles. The summed E-state index contributed by atoms with van der Waals surface area (Å²) in [5.41, 5.74) is 1.79. The van der Waals surface area contributed by atoms with Crippen molar-refractivity contribution in [1.29, 1.82) is 5.26 Å². The molecule has 1 saturated heterocycles. The summed E-state index contributed by atoms with van der Waals surface area (Å²) in [7, 11) is 0. The fourth-order valence-corrected chi connectivity index (χ4v) is 4.25. The van der Waals surface area contributed by atoms with Crippen LogP contribution in [0.3, 0.4) is 0 Å². The van der Waals surface area contributed by atoms with E-state index in [1.807, 2.05) is 24.3 Å². The van der Waals surface area contributed by atoms with Crippen LogP contribution in [-0.2, 0) is 6.54 Å². The van der Waals surface area contributed by atoms with E-state index in [4.69, 9.17) is 13.9 Å². The molecule has 0 N–H and O–H groups in total. The quantitative estimate of drug-likeness (QED) is 0.630. The van der Waals surface area contributed by atoms with E-state index < -0.39 is 0 Å². The largest absolute Gasteiger partial charge is 0.486 e. The van der Waals surface area contributed by atoms with Crippen LogP contribution in [0.1, 0.15) is 27.2 Å². The van der Waals surface area contributed by atoms with Crippen molar-refractivity contribution in [3.05, 3.63) is 65.2 Å². The Morgan fingerprint density at radius 3 is 2.50 bits per heavy atom. The number of carbonyl (C=O) groups is 1. The Morgan fingerprint density at radius 1 is 1.06 bits per heavy atom. The molecule has 1 aromatic carbocycles. The van der Waals surface area contributed by atoms with E-state index >= 15 is 0 Å². The van der Waals surface area contributed by atoms with Crippen LogP contribution < -0.4 is 9.47 Å². The van der Waals surface area contributed by atoms with Crippen LogP contribution in [0.15, 0.2) is 47.1 Å². The predicted octanol–water partition coefficient (Wildman–Crippen LogP) is 2.98. The van der Waals surface area contributed by atoms with Gasteiger partial charge in [-0.1, -0.05) is 6.07 Å². The molecule has 3 aromatic rings. The summed E-state index contributed by atoms with van der Waals surface area (Å²) in [5, 5.41) is 9.73. The Morgan fingerprint density at radius 2 is 1.78 bits per heavy atom. The number of fused-ring (bicyclic) bond motifs is 1. The summed E-state index contributed by atoms with van der Waals surface area (Å²) in [5.74, 6) is 2.28. The van der Waals surface area contributed by atoms with Crippen molar-refractivity contribution in [2.75, 3.05) is 39.4 Å². The molecule has 2 aromatic heterocycles. The van der Waals surface area contributed by atoms with E-state index in [1.165, 1.54) is 0 Å². The Hall–Kier alpha value is -3.70. The van der Waals surface area contributed by atoms with Gasteiger partial charge >= 0.3 is 0 Å². The molecule has 2 aliphatic heterocycles. The molecule has 8 nitrogen and oxygen atoms in total. The summed E-state index contributed by atoms with van der Waals surface area (Å²) >= 11 is 0. The minimum atomic E-state index is -0.153. The number of amides is 1. The monoisotopic (exact) mass is 432 g/mol. The molecular formula is C24H24N4O4. The highest BCUT2D eigenvalue weighted by Gasteiger charge is 2.30. The number of benzene rings is 1. The van der Waals surface area contributed by atoms with Crippen molar-refractivity contribution in [2.24, 2.45) is 0 Å². The van der Waals surface area contributed by atoms with Gasteiger partial charge in [0.1, 0.15) is 36.2 Å². The molecule has 0 atom stereocenters. The van der Waals surface area contributed by atoms with Crippen molar-refractivity contribution >= 4 is 5.91 Å². The molecule has 8 heteroatoms. The lowest BCUT2D eigenvalue weighted by Crippen LogP contribution is -2.48. The van der Waals surface area contributed by atoms with Gasteiger partial charge in [0, 0.05) is 45.1 Å². The van der Waals surface area contributed by atoms with Crippen LogP contribution in [0, 0.1) is 18.3 Å². The number of piperazine rings is 1. The minimum absolute atomic E-state index is 0.153. The zero-order chi connectivity index (χ0) is 22.1. The Labute approximate surface area is 186 Å². The summed E-state index contributed by atoms with van der Waals surface area (Å²) in [6.07, 6.45) is 3.59. The van der Waals surface area contributed by atoms with Gasteiger partial charge in [0.15, 0.2) is 11.5 Å². The molecule has 5 rings (SSSR count). The predicted molar refractivity (Wildman–Crippen MR) is 116 cm³/mol. The Bertz CT molecular complexity index is 1170. The maximum atomic E-state index is 13.3. The highest BCUT2D eigenvalue weighted by molar-refractivity contribution is 5.98. The van der Waals surface area contributed by atoms with Gasteiger partial charge in [-0.2, -0.15) is 5.26 Å². The minimum Gasteiger partial charge on any atom is -0.486 e. The number of nitrogens with zero attached hydrogens (tertiary/aromatic N) is 4. The SMILES string of the molecule is Cc1oc(-n2cccc2)c(C#N)c1C(=O)N1CCN(Cc2ccc3c(c2)OCCO3)CC1. The molecular weight excluding hydrogens is 408 g/mol.